The first-order chi connectivity index (χ1) is 18.6. The highest BCUT2D eigenvalue weighted by atomic mass is 32.2. The summed E-state index contributed by atoms with van der Waals surface area (Å²) in [5.74, 6) is -0.0152. The number of carbonyl (C=O) groups excluding carboxylic acids is 1. The molecular weight excluding hydrogens is 559 g/mol. The minimum absolute atomic E-state index is 0.0373. The quantitative estimate of drug-likeness (QED) is 0.157. The lowest BCUT2D eigenvalue weighted by molar-refractivity contribution is -0.380. The Labute approximate surface area is 233 Å². The van der Waals surface area contributed by atoms with Gasteiger partial charge in [0.15, 0.2) is 0 Å². The first kappa shape index (κ1) is 27.1. The van der Waals surface area contributed by atoms with Crippen LogP contribution in [0.15, 0.2) is 64.6 Å². The van der Waals surface area contributed by atoms with Crippen LogP contribution in [0, 0.1) is 23.0 Å². The molecule has 0 spiro atoms. The van der Waals surface area contributed by atoms with Crippen molar-refractivity contribution < 1.29 is 18.1 Å². The Kier molecular flexibility index (Phi) is 7.58. The van der Waals surface area contributed by atoms with E-state index >= 15 is 0 Å². The summed E-state index contributed by atoms with van der Waals surface area (Å²) in [5, 5.41) is 16.8. The molecule has 0 unspecified atom stereocenters. The summed E-state index contributed by atoms with van der Waals surface area (Å²) in [4.78, 5) is 29.4. The Balaban J connectivity index is 1.46. The minimum Gasteiger partial charge on any atom is -0.267 e. The topological polar surface area (TPSA) is 126 Å². The van der Waals surface area contributed by atoms with E-state index < -0.39 is 20.9 Å². The van der Waals surface area contributed by atoms with Crippen molar-refractivity contribution in [1.29, 1.82) is 0 Å². The van der Waals surface area contributed by atoms with Crippen molar-refractivity contribution in [1.82, 2.24) is 9.29 Å². The molecule has 1 saturated heterocycles. The predicted molar refractivity (Wildman–Crippen MR) is 153 cm³/mol. The molecule has 2 aromatic carbocycles. The van der Waals surface area contributed by atoms with Gasteiger partial charge in [-0.15, -0.1) is 0 Å². The second kappa shape index (κ2) is 10.9. The summed E-state index contributed by atoms with van der Waals surface area (Å²) < 4.78 is 28.6. The minimum atomic E-state index is -3.66. The molecule has 3 heterocycles. The van der Waals surface area contributed by atoms with Gasteiger partial charge in [0.25, 0.3) is 5.91 Å². The number of carbonyl (C=O) groups is 1. The number of rotatable bonds is 7. The lowest BCUT2D eigenvalue weighted by atomic mass is 10.0. The van der Waals surface area contributed by atoms with E-state index in [4.69, 9.17) is 0 Å². The maximum absolute atomic E-state index is 13.6. The van der Waals surface area contributed by atoms with Crippen molar-refractivity contribution in [2.45, 2.75) is 31.6 Å². The van der Waals surface area contributed by atoms with E-state index in [1.165, 1.54) is 52.2 Å². The third-order valence-corrected chi connectivity index (χ3v) is 10.4. The van der Waals surface area contributed by atoms with Crippen molar-refractivity contribution in [2.75, 3.05) is 18.1 Å². The number of thiazole rings is 1. The monoisotopic (exact) mass is 583 g/mol. The molecule has 4 aromatic rings. The molecule has 39 heavy (non-hydrogen) atoms. The zero-order valence-electron chi connectivity index (χ0n) is 21.2. The van der Waals surface area contributed by atoms with E-state index in [-0.39, 0.29) is 15.5 Å². The molecule has 0 N–H and O–H groups in total. The second-order valence-corrected chi connectivity index (χ2v) is 13.4. The summed E-state index contributed by atoms with van der Waals surface area (Å²) in [5.41, 5.74) is 1.98. The summed E-state index contributed by atoms with van der Waals surface area (Å²) >= 11 is 2.22. The Morgan fingerprint density at radius 1 is 1.13 bits per heavy atom. The van der Waals surface area contributed by atoms with Crippen molar-refractivity contribution in [3.8, 4) is 0 Å². The van der Waals surface area contributed by atoms with Crippen LogP contribution < -0.4 is 5.01 Å². The van der Waals surface area contributed by atoms with Gasteiger partial charge in [0.05, 0.1) is 31.1 Å². The molecule has 10 nitrogen and oxygen atoms in total. The average molecular weight is 584 g/mol. The lowest BCUT2D eigenvalue weighted by Crippen LogP contribution is -2.37. The number of hydrogen-bond acceptors (Lipinski definition) is 9. The molecule has 2 aromatic heterocycles. The van der Waals surface area contributed by atoms with Crippen molar-refractivity contribution in [3.63, 3.8) is 0 Å². The molecule has 1 aliphatic rings. The molecular formula is C26H25N5O5S3. The fourth-order valence-corrected chi connectivity index (χ4v) is 7.37. The molecule has 202 valence electrons. The Hall–Kier alpha value is -3.52. The van der Waals surface area contributed by atoms with Gasteiger partial charge in [-0.3, -0.25) is 14.9 Å². The highest BCUT2D eigenvalue weighted by molar-refractivity contribution is 7.89. The van der Waals surface area contributed by atoms with Gasteiger partial charge in [0.1, 0.15) is 0 Å². The van der Waals surface area contributed by atoms with Gasteiger partial charge in [-0.25, -0.2) is 13.4 Å². The van der Waals surface area contributed by atoms with Gasteiger partial charge in [0.2, 0.25) is 15.2 Å². The van der Waals surface area contributed by atoms with E-state index in [2.05, 4.69) is 17.0 Å². The number of piperidine rings is 1. The highest BCUT2D eigenvalue weighted by Gasteiger charge is 2.29. The normalized spacial score (nSPS) is 15.2. The van der Waals surface area contributed by atoms with Crippen molar-refractivity contribution in [3.05, 3.63) is 80.7 Å². The van der Waals surface area contributed by atoms with Crippen LogP contribution in [0.1, 0.15) is 40.6 Å². The van der Waals surface area contributed by atoms with Gasteiger partial charge in [-0.05, 0) is 73.7 Å². The maximum Gasteiger partial charge on any atom is 0.324 e. The van der Waals surface area contributed by atoms with E-state index in [0.29, 0.717) is 34.5 Å². The van der Waals surface area contributed by atoms with Crippen LogP contribution in [0.4, 0.5) is 10.1 Å². The number of aryl methyl sites for hydroxylation is 1. The number of nitro groups is 1. The molecule has 1 amide bonds. The molecule has 5 rings (SSSR count). The number of sulfonamides is 1. The molecule has 0 bridgehead atoms. The van der Waals surface area contributed by atoms with Crippen LogP contribution in [0.25, 0.3) is 10.2 Å². The van der Waals surface area contributed by atoms with Crippen molar-refractivity contribution in [2.24, 2.45) is 11.0 Å². The molecule has 0 saturated carbocycles. The number of benzene rings is 2. The number of amides is 1. The van der Waals surface area contributed by atoms with Crippen LogP contribution in [-0.2, 0) is 10.0 Å². The van der Waals surface area contributed by atoms with E-state index in [1.54, 1.807) is 6.07 Å². The number of hydrogen-bond donors (Lipinski definition) is 0. The Morgan fingerprint density at radius 2 is 1.85 bits per heavy atom. The number of anilines is 1. The zero-order chi connectivity index (χ0) is 27.7. The van der Waals surface area contributed by atoms with Crippen LogP contribution in [0.5, 0.6) is 0 Å². The molecule has 0 radical (unpaired) electrons. The predicted octanol–water partition coefficient (Wildman–Crippen LogP) is 5.68. The number of hydrazone groups is 1. The maximum atomic E-state index is 13.6. The highest BCUT2D eigenvalue weighted by Crippen LogP contribution is 2.32. The molecule has 0 atom stereocenters. The van der Waals surface area contributed by atoms with Gasteiger partial charge >= 0.3 is 5.00 Å². The van der Waals surface area contributed by atoms with Gasteiger partial charge in [-0.2, -0.15) is 14.4 Å². The number of thiophene rings is 1. The molecule has 13 heteroatoms. The summed E-state index contributed by atoms with van der Waals surface area (Å²) in [7, 11) is -3.66. The largest absolute Gasteiger partial charge is 0.324 e. The standard InChI is InChI=1S/C26H25N5O5S3/c1-17-11-13-29(14-12-17)39(35,36)21-7-4-19(5-8-21)25(32)30(27-16-20-6-10-24(37-20)31(33)34)26-28-22-9-3-18(2)15-23(22)38-26/h3-10,15-17H,11-14H2,1-2H3/b27-16+. The van der Waals surface area contributed by atoms with Gasteiger partial charge < -0.3 is 0 Å². The third-order valence-electron chi connectivity index (χ3n) is 6.48. The second-order valence-electron chi connectivity index (χ2n) is 9.37. The van der Waals surface area contributed by atoms with E-state index in [0.717, 1.165) is 39.5 Å². The van der Waals surface area contributed by atoms with Gasteiger partial charge in [0, 0.05) is 24.7 Å². The number of aromatic nitrogens is 1. The fraction of sp³-hybridized carbons (Fsp3) is 0.269. The number of fused-ring (bicyclic) bond motifs is 1. The Morgan fingerprint density at radius 3 is 2.51 bits per heavy atom. The van der Waals surface area contributed by atoms with Crippen molar-refractivity contribution >= 4 is 65.2 Å². The van der Waals surface area contributed by atoms with Crippen LogP contribution in [-0.4, -0.2) is 47.8 Å². The van der Waals surface area contributed by atoms with E-state index in [9.17, 15) is 23.3 Å². The zero-order valence-corrected chi connectivity index (χ0v) is 23.6. The van der Waals surface area contributed by atoms with E-state index in [1.807, 2.05) is 25.1 Å². The number of nitrogens with zero attached hydrogens (tertiary/aromatic N) is 5. The lowest BCUT2D eigenvalue weighted by Gasteiger charge is -2.29. The third kappa shape index (κ3) is 5.76. The van der Waals surface area contributed by atoms with Gasteiger partial charge in [-0.1, -0.05) is 35.7 Å². The average Bonchev–Trinajstić information content (AvgIpc) is 3.56. The van der Waals surface area contributed by atoms with Crippen LogP contribution in [0.2, 0.25) is 0 Å². The SMILES string of the molecule is Cc1ccc2nc(N(/N=C/c3ccc([N+](=O)[O-])s3)C(=O)c3ccc(S(=O)(=O)N4CCC(C)CC4)cc3)sc2c1. The first-order valence-electron chi connectivity index (χ1n) is 12.2. The summed E-state index contributed by atoms with van der Waals surface area (Å²) in [6.07, 6.45) is 3.01. The molecule has 1 fully saturated rings. The summed E-state index contributed by atoms with van der Waals surface area (Å²) in [6, 6.07) is 14.5. The summed E-state index contributed by atoms with van der Waals surface area (Å²) in [6.45, 7) is 5.03. The Bertz CT molecular complexity index is 1670. The fourth-order valence-electron chi connectivity index (χ4n) is 4.19. The first-order valence-corrected chi connectivity index (χ1v) is 15.3. The van der Waals surface area contributed by atoms with Crippen LogP contribution in [0.3, 0.4) is 0 Å². The molecule has 0 aliphatic carbocycles. The smallest absolute Gasteiger partial charge is 0.267 e. The molecule has 1 aliphatic heterocycles. The van der Waals surface area contributed by atoms with Crippen LogP contribution >= 0.6 is 22.7 Å².